The standard InChI is InChI=1S/C14H18N4O2/c1-10-4-2-3-5-11(10)9-16-14-7-6-13(18(19)20)12(8-15)17-14/h6-7,10-11H,2-5,9H2,1H3,(H,16,17). The third kappa shape index (κ3) is 3.23. The number of nitriles is 1. The van der Waals surface area contributed by atoms with Crippen LogP contribution >= 0.6 is 0 Å². The maximum absolute atomic E-state index is 10.7. The number of hydrogen-bond acceptors (Lipinski definition) is 5. The van der Waals surface area contributed by atoms with Crippen LogP contribution in [0.5, 0.6) is 0 Å². The zero-order chi connectivity index (χ0) is 14.5. The van der Waals surface area contributed by atoms with Gasteiger partial charge < -0.3 is 5.32 Å². The lowest BCUT2D eigenvalue weighted by Crippen LogP contribution is -2.24. The van der Waals surface area contributed by atoms with Crippen molar-refractivity contribution in [2.45, 2.75) is 32.6 Å². The molecule has 0 amide bonds. The van der Waals surface area contributed by atoms with Crippen molar-refractivity contribution in [3.05, 3.63) is 27.9 Å². The second-order valence-electron chi connectivity index (χ2n) is 5.34. The van der Waals surface area contributed by atoms with Crippen molar-refractivity contribution in [2.75, 3.05) is 11.9 Å². The summed E-state index contributed by atoms with van der Waals surface area (Å²) in [5.74, 6) is 1.82. The van der Waals surface area contributed by atoms with Gasteiger partial charge in [-0.15, -0.1) is 0 Å². The smallest absolute Gasteiger partial charge is 0.305 e. The summed E-state index contributed by atoms with van der Waals surface area (Å²) in [6, 6.07) is 4.66. The Kier molecular flexibility index (Phi) is 4.51. The van der Waals surface area contributed by atoms with E-state index in [9.17, 15) is 10.1 Å². The molecule has 1 heterocycles. The Morgan fingerprint density at radius 1 is 1.50 bits per heavy atom. The third-order valence-corrected chi connectivity index (χ3v) is 4.01. The summed E-state index contributed by atoms with van der Waals surface area (Å²) in [6.07, 6.45) is 5.01. The minimum absolute atomic E-state index is 0.142. The zero-order valence-corrected chi connectivity index (χ0v) is 11.5. The van der Waals surface area contributed by atoms with Gasteiger partial charge in [0.2, 0.25) is 5.69 Å². The number of hydrogen-bond donors (Lipinski definition) is 1. The summed E-state index contributed by atoms with van der Waals surface area (Å²) in [4.78, 5) is 14.2. The predicted molar refractivity (Wildman–Crippen MR) is 75.2 cm³/mol. The molecule has 1 aromatic heterocycles. The number of nitrogens with zero attached hydrogens (tertiary/aromatic N) is 3. The lowest BCUT2D eigenvalue weighted by molar-refractivity contribution is -0.385. The first-order valence-electron chi connectivity index (χ1n) is 6.91. The van der Waals surface area contributed by atoms with Gasteiger partial charge >= 0.3 is 5.69 Å². The molecule has 2 unspecified atom stereocenters. The molecule has 0 radical (unpaired) electrons. The normalized spacial score (nSPS) is 22.0. The molecule has 0 bridgehead atoms. The molecule has 1 fully saturated rings. The molecule has 0 aliphatic heterocycles. The van der Waals surface area contributed by atoms with E-state index in [0.717, 1.165) is 6.54 Å². The zero-order valence-electron chi connectivity index (χ0n) is 11.5. The van der Waals surface area contributed by atoms with E-state index in [1.54, 1.807) is 12.1 Å². The molecule has 1 aromatic rings. The fraction of sp³-hybridized carbons (Fsp3) is 0.571. The third-order valence-electron chi connectivity index (χ3n) is 4.01. The molecule has 2 atom stereocenters. The van der Waals surface area contributed by atoms with Gasteiger partial charge in [0.1, 0.15) is 11.9 Å². The summed E-state index contributed by atoms with van der Waals surface area (Å²) in [5, 5.41) is 22.8. The van der Waals surface area contributed by atoms with Gasteiger partial charge in [-0.2, -0.15) is 5.26 Å². The van der Waals surface area contributed by atoms with Gasteiger partial charge in [-0.1, -0.05) is 26.2 Å². The van der Waals surface area contributed by atoms with E-state index in [0.29, 0.717) is 17.7 Å². The number of nitro groups is 1. The van der Waals surface area contributed by atoms with Crippen molar-refractivity contribution in [3.63, 3.8) is 0 Å². The second-order valence-corrected chi connectivity index (χ2v) is 5.34. The van der Waals surface area contributed by atoms with Crippen LogP contribution in [-0.4, -0.2) is 16.5 Å². The summed E-state index contributed by atoms with van der Waals surface area (Å²) in [7, 11) is 0. The van der Waals surface area contributed by atoms with Crippen LogP contribution in [0.15, 0.2) is 12.1 Å². The van der Waals surface area contributed by atoms with Gasteiger partial charge in [0, 0.05) is 12.6 Å². The Morgan fingerprint density at radius 2 is 2.25 bits per heavy atom. The Labute approximate surface area is 118 Å². The van der Waals surface area contributed by atoms with Crippen molar-refractivity contribution >= 4 is 11.5 Å². The van der Waals surface area contributed by atoms with E-state index in [-0.39, 0.29) is 11.4 Å². The number of aromatic nitrogens is 1. The van der Waals surface area contributed by atoms with Gasteiger partial charge in [-0.25, -0.2) is 4.98 Å². The van der Waals surface area contributed by atoms with Crippen molar-refractivity contribution in [2.24, 2.45) is 11.8 Å². The second kappa shape index (κ2) is 6.33. The van der Waals surface area contributed by atoms with E-state index >= 15 is 0 Å². The van der Waals surface area contributed by atoms with Crippen molar-refractivity contribution in [1.29, 1.82) is 5.26 Å². The molecule has 0 aromatic carbocycles. The number of anilines is 1. The number of nitrogens with one attached hydrogen (secondary N) is 1. The van der Waals surface area contributed by atoms with E-state index in [1.807, 2.05) is 0 Å². The first kappa shape index (κ1) is 14.3. The maximum Gasteiger partial charge on any atom is 0.305 e. The monoisotopic (exact) mass is 274 g/mol. The highest BCUT2D eigenvalue weighted by molar-refractivity contribution is 5.50. The summed E-state index contributed by atoms with van der Waals surface area (Å²) in [6.45, 7) is 3.06. The van der Waals surface area contributed by atoms with E-state index in [1.165, 1.54) is 31.7 Å². The van der Waals surface area contributed by atoms with Gasteiger partial charge in [-0.3, -0.25) is 10.1 Å². The maximum atomic E-state index is 10.7. The van der Waals surface area contributed by atoms with Gasteiger partial charge in [0.05, 0.1) is 4.92 Å². The summed E-state index contributed by atoms with van der Waals surface area (Å²) >= 11 is 0. The largest absolute Gasteiger partial charge is 0.370 e. The lowest BCUT2D eigenvalue weighted by Gasteiger charge is -2.28. The highest BCUT2D eigenvalue weighted by Crippen LogP contribution is 2.29. The van der Waals surface area contributed by atoms with Gasteiger partial charge in [0.15, 0.2) is 0 Å². The Hall–Kier alpha value is -2.16. The first-order chi connectivity index (χ1) is 9.61. The average molecular weight is 274 g/mol. The minimum atomic E-state index is -0.585. The Bertz CT molecular complexity index is 538. The minimum Gasteiger partial charge on any atom is -0.370 e. The van der Waals surface area contributed by atoms with Gasteiger partial charge in [-0.05, 0) is 24.3 Å². The average Bonchev–Trinajstić information content (AvgIpc) is 2.46. The molecule has 6 nitrogen and oxygen atoms in total. The van der Waals surface area contributed by atoms with E-state index in [2.05, 4.69) is 17.2 Å². The lowest BCUT2D eigenvalue weighted by atomic mass is 9.80. The Morgan fingerprint density at radius 3 is 2.90 bits per heavy atom. The summed E-state index contributed by atoms with van der Waals surface area (Å²) in [5.41, 5.74) is -0.388. The Balaban J connectivity index is 2.03. The molecule has 1 N–H and O–H groups in total. The highest BCUT2D eigenvalue weighted by Gasteiger charge is 2.21. The van der Waals surface area contributed by atoms with E-state index < -0.39 is 4.92 Å². The highest BCUT2D eigenvalue weighted by atomic mass is 16.6. The molecule has 6 heteroatoms. The quantitative estimate of drug-likeness (QED) is 0.672. The molecular weight excluding hydrogens is 256 g/mol. The van der Waals surface area contributed by atoms with Crippen LogP contribution in [0.2, 0.25) is 0 Å². The molecular formula is C14H18N4O2. The van der Waals surface area contributed by atoms with Crippen LogP contribution in [-0.2, 0) is 0 Å². The van der Waals surface area contributed by atoms with Crippen LogP contribution in [0.3, 0.4) is 0 Å². The molecule has 1 saturated carbocycles. The summed E-state index contributed by atoms with van der Waals surface area (Å²) < 4.78 is 0. The van der Waals surface area contributed by atoms with Crippen LogP contribution in [0.1, 0.15) is 38.3 Å². The topological polar surface area (TPSA) is 91.9 Å². The number of pyridine rings is 1. The van der Waals surface area contributed by atoms with Crippen LogP contribution < -0.4 is 5.32 Å². The fourth-order valence-corrected chi connectivity index (χ4v) is 2.71. The van der Waals surface area contributed by atoms with Crippen LogP contribution in [0, 0.1) is 33.3 Å². The number of rotatable bonds is 4. The van der Waals surface area contributed by atoms with Crippen LogP contribution in [0.4, 0.5) is 11.5 Å². The molecule has 2 rings (SSSR count). The first-order valence-corrected chi connectivity index (χ1v) is 6.91. The molecule has 0 saturated heterocycles. The molecule has 1 aliphatic carbocycles. The molecule has 20 heavy (non-hydrogen) atoms. The van der Waals surface area contributed by atoms with E-state index in [4.69, 9.17) is 5.26 Å². The van der Waals surface area contributed by atoms with Crippen molar-refractivity contribution in [1.82, 2.24) is 4.98 Å². The van der Waals surface area contributed by atoms with Gasteiger partial charge in [0.25, 0.3) is 0 Å². The molecule has 0 spiro atoms. The SMILES string of the molecule is CC1CCCCC1CNc1ccc([N+](=O)[O-])c(C#N)n1. The van der Waals surface area contributed by atoms with Crippen molar-refractivity contribution < 1.29 is 4.92 Å². The predicted octanol–water partition coefficient (Wildman–Crippen LogP) is 3.10. The molecule has 106 valence electrons. The molecule has 1 aliphatic rings. The van der Waals surface area contributed by atoms with Crippen molar-refractivity contribution in [3.8, 4) is 6.07 Å². The fourth-order valence-electron chi connectivity index (χ4n) is 2.71. The van der Waals surface area contributed by atoms with Crippen LogP contribution in [0.25, 0.3) is 0 Å².